The van der Waals surface area contributed by atoms with Gasteiger partial charge in [0.15, 0.2) is 12.4 Å². The van der Waals surface area contributed by atoms with Gasteiger partial charge in [0.1, 0.15) is 6.54 Å². The maximum atomic E-state index is 12.0. The zero-order valence-electron chi connectivity index (χ0n) is 15.3. The van der Waals surface area contributed by atoms with Gasteiger partial charge >= 0.3 is 33.0 Å². The number of nitrogens with zero attached hydrogens (tertiary/aromatic N) is 1. The summed E-state index contributed by atoms with van der Waals surface area (Å²) in [6.45, 7) is 0.842. The van der Waals surface area contributed by atoms with E-state index in [1.165, 1.54) is 11.8 Å². The number of hydrogen-bond acceptors (Lipinski definition) is 3. The van der Waals surface area contributed by atoms with Crippen LogP contribution in [0.15, 0.2) is 48.8 Å². The molecular weight excluding hydrogens is 477 g/mol. The van der Waals surface area contributed by atoms with Crippen LogP contribution in [0, 0.1) is 0 Å². The van der Waals surface area contributed by atoms with Crippen LogP contribution in [0.3, 0.4) is 0 Å². The standard InChI is InChI=1S/C17H17ClN2O2S.F6P/c18-15-5-3-14(4-6-15)17(22)23-12-2-1-9-20-10-7-13(8-11-20)16(19)21;1-7(2,3,4,5)6/h3-8,10-11H,1-2,9,12H2,(H-,19,21);/q;-1/p+1. The summed E-state index contributed by atoms with van der Waals surface area (Å²) >= 11 is 7.13. The topological polar surface area (TPSA) is 64.0 Å². The number of unbranched alkanes of at least 4 members (excludes halogenated alkanes) is 1. The largest absolute Gasteiger partial charge is 0.366 e. The van der Waals surface area contributed by atoms with Gasteiger partial charge in [0.05, 0.1) is 5.56 Å². The molecule has 2 aromatic rings. The normalized spacial score (nSPS) is 13.4. The zero-order chi connectivity index (χ0) is 23.1. The van der Waals surface area contributed by atoms with Gasteiger partial charge < -0.3 is 5.73 Å². The SMILES string of the molecule is F[P-](F)(F)(F)(F)F.NC(=O)c1cc[n+](CCCCSC(=O)c2ccc(Cl)cc2)cc1. The average Bonchev–Trinajstić information content (AvgIpc) is 2.59. The summed E-state index contributed by atoms with van der Waals surface area (Å²) in [5.41, 5.74) is 6.38. The van der Waals surface area contributed by atoms with Crippen molar-refractivity contribution in [3.63, 3.8) is 0 Å². The van der Waals surface area contributed by atoms with Crippen molar-refractivity contribution in [3.05, 3.63) is 64.9 Å². The van der Waals surface area contributed by atoms with Gasteiger partial charge in [-0.2, -0.15) is 0 Å². The molecule has 0 atom stereocenters. The fourth-order valence-electron chi connectivity index (χ4n) is 2.00. The second-order valence-corrected chi connectivity index (χ2v) is 9.42. The molecule has 13 heteroatoms. The first-order chi connectivity index (χ1) is 13.5. The second kappa shape index (κ2) is 9.53. The van der Waals surface area contributed by atoms with Gasteiger partial charge in [-0.25, -0.2) is 4.57 Å². The number of nitrogens with two attached hydrogens (primary N) is 1. The molecule has 0 spiro atoms. The van der Waals surface area contributed by atoms with E-state index in [0.29, 0.717) is 16.1 Å². The molecule has 30 heavy (non-hydrogen) atoms. The Bertz CT molecular complexity index is 867. The number of halogens is 7. The first kappa shape index (κ1) is 26.2. The van der Waals surface area contributed by atoms with Crippen LogP contribution in [-0.2, 0) is 6.54 Å². The van der Waals surface area contributed by atoms with Crippen LogP contribution in [0.5, 0.6) is 0 Å². The molecule has 0 aliphatic heterocycles. The Morgan fingerprint density at radius 3 is 1.87 bits per heavy atom. The predicted octanol–water partition coefficient (Wildman–Crippen LogP) is 6.46. The van der Waals surface area contributed by atoms with Crippen molar-refractivity contribution >= 4 is 42.2 Å². The molecule has 0 saturated heterocycles. The van der Waals surface area contributed by atoms with Gasteiger partial charge in [-0.3, -0.25) is 9.59 Å². The summed E-state index contributed by atoms with van der Waals surface area (Å²) < 4.78 is 61.2. The fraction of sp³-hybridized carbons (Fsp3) is 0.235. The maximum Gasteiger partial charge on any atom is 0.249 e. The Kier molecular flexibility index (Phi) is 8.32. The summed E-state index contributed by atoms with van der Waals surface area (Å²) in [6.07, 6.45) is 5.58. The molecular formula is C17H18ClF6N2O2PS. The number of amides is 1. The Labute approximate surface area is 177 Å². The Hall–Kier alpha value is -1.84. The van der Waals surface area contributed by atoms with Gasteiger partial charge in [0, 0.05) is 34.9 Å². The van der Waals surface area contributed by atoms with Crippen molar-refractivity contribution < 1.29 is 39.3 Å². The number of rotatable bonds is 7. The van der Waals surface area contributed by atoms with E-state index in [1.54, 1.807) is 36.4 Å². The van der Waals surface area contributed by atoms with Gasteiger partial charge in [-0.15, -0.1) is 0 Å². The Balaban J connectivity index is 0.000000553. The maximum absolute atomic E-state index is 12.0. The number of aromatic nitrogens is 1. The molecule has 0 aliphatic rings. The molecule has 2 rings (SSSR count). The summed E-state index contributed by atoms with van der Waals surface area (Å²) in [4.78, 5) is 22.9. The summed E-state index contributed by atoms with van der Waals surface area (Å²) in [5, 5.41) is 0.700. The van der Waals surface area contributed by atoms with Crippen LogP contribution in [0.25, 0.3) is 0 Å². The quantitative estimate of drug-likeness (QED) is 0.208. The first-order valence-corrected chi connectivity index (χ1v) is 11.7. The molecule has 0 bridgehead atoms. The molecule has 1 heterocycles. The number of carbonyl (C=O) groups is 2. The zero-order valence-corrected chi connectivity index (χ0v) is 17.8. The first-order valence-electron chi connectivity index (χ1n) is 8.29. The van der Waals surface area contributed by atoms with Crippen LogP contribution in [0.2, 0.25) is 5.02 Å². The van der Waals surface area contributed by atoms with Crippen molar-refractivity contribution in [1.29, 1.82) is 0 Å². The van der Waals surface area contributed by atoms with Crippen LogP contribution < -0.4 is 10.3 Å². The molecule has 168 valence electrons. The van der Waals surface area contributed by atoms with E-state index < -0.39 is 13.7 Å². The van der Waals surface area contributed by atoms with Crippen molar-refractivity contribution in [2.24, 2.45) is 5.73 Å². The van der Waals surface area contributed by atoms with E-state index in [-0.39, 0.29) is 5.12 Å². The average molecular weight is 495 g/mol. The minimum absolute atomic E-state index is 0.0696. The van der Waals surface area contributed by atoms with Crippen molar-refractivity contribution in [2.75, 3.05) is 5.75 Å². The van der Waals surface area contributed by atoms with Gasteiger partial charge in [-0.05, 0) is 30.7 Å². The van der Waals surface area contributed by atoms with Crippen molar-refractivity contribution in [1.82, 2.24) is 0 Å². The molecule has 0 fully saturated rings. The van der Waals surface area contributed by atoms with E-state index in [1.807, 2.05) is 17.0 Å². The molecule has 0 saturated carbocycles. The number of carbonyl (C=O) groups excluding carboxylic acids is 2. The van der Waals surface area contributed by atoms with Crippen LogP contribution in [-0.4, -0.2) is 16.8 Å². The van der Waals surface area contributed by atoms with Gasteiger partial charge in [0.25, 0.3) is 0 Å². The van der Waals surface area contributed by atoms with E-state index in [9.17, 15) is 34.8 Å². The molecule has 1 amide bonds. The van der Waals surface area contributed by atoms with Crippen LogP contribution in [0.1, 0.15) is 33.6 Å². The Morgan fingerprint density at radius 2 is 1.40 bits per heavy atom. The second-order valence-electron chi connectivity index (χ2n) is 6.00. The number of aryl methyl sites for hydroxylation is 1. The minimum atomic E-state index is -10.7. The number of primary amides is 1. The van der Waals surface area contributed by atoms with E-state index in [2.05, 4.69) is 0 Å². The smallest absolute Gasteiger partial charge is 0.249 e. The third-order valence-corrected chi connectivity index (χ3v) is 4.54. The molecule has 0 unspecified atom stereocenters. The van der Waals surface area contributed by atoms with Crippen LogP contribution >= 0.6 is 31.2 Å². The predicted molar refractivity (Wildman–Crippen MR) is 106 cm³/mol. The molecule has 4 nitrogen and oxygen atoms in total. The molecule has 2 N–H and O–H groups in total. The monoisotopic (exact) mass is 494 g/mol. The molecule has 0 aliphatic carbocycles. The van der Waals surface area contributed by atoms with Crippen molar-refractivity contribution in [2.45, 2.75) is 19.4 Å². The Morgan fingerprint density at radius 1 is 0.900 bits per heavy atom. The van der Waals surface area contributed by atoms with Crippen LogP contribution in [0.4, 0.5) is 25.2 Å². The van der Waals surface area contributed by atoms with Crippen molar-refractivity contribution in [3.8, 4) is 0 Å². The number of thioether (sulfide) groups is 1. The van der Waals surface area contributed by atoms with E-state index in [0.717, 1.165) is 25.1 Å². The molecule has 1 aromatic heterocycles. The fourth-order valence-corrected chi connectivity index (χ4v) is 2.96. The third-order valence-electron chi connectivity index (χ3n) is 3.30. The van der Waals surface area contributed by atoms with Gasteiger partial charge in [-0.1, -0.05) is 23.4 Å². The van der Waals surface area contributed by atoms with E-state index >= 15 is 0 Å². The summed E-state index contributed by atoms with van der Waals surface area (Å²) in [5.74, 6) is 0.357. The number of benzene rings is 1. The number of hydrogen-bond donors (Lipinski definition) is 1. The third kappa shape index (κ3) is 14.2. The van der Waals surface area contributed by atoms with Gasteiger partial charge in [0.2, 0.25) is 11.0 Å². The molecule has 1 aromatic carbocycles. The minimum Gasteiger partial charge on any atom is -0.366 e. The summed E-state index contributed by atoms with van der Waals surface area (Å²) in [7, 11) is -10.7. The molecule has 0 radical (unpaired) electrons. The van der Waals surface area contributed by atoms with E-state index in [4.69, 9.17) is 17.3 Å². The number of pyridine rings is 1. The summed E-state index contributed by atoms with van der Waals surface area (Å²) in [6, 6.07) is 10.4.